The minimum atomic E-state index is -1.59. The van der Waals surface area contributed by atoms with Gasteiger partial charge in [0.1, 0.15) is 18.1 Å². The fourth-order valence-corrected chi connectivity index (χ4v) is 2.91. The van der Waals surface area contributed by atoms with Gasteiger partial charge >= 0.3 is 5.97 Å². The monoisotopic (exact) mass is 511 g/mol. The second-order valence-corrected chi connectivity index (χ2v) is 7.76. The topological polar surface area (TPSA) is 309 Å². The molecule has 4 atom stereocenters. The molecule has 0 aliphatic heterocycles. The second-order valence-electron chi connectivity index (χ2n) is 7.76. The van der Waals surface area contributed by atoms with E-state index in [1.54, 1.807) is 0 Å². The summed E-state index contributed by atoms with van der Waals surface area (Å²) >= 11 is 0. The highest BCUT2D eigenvalue weighted by atomic mass is 16.4. The molecule has 0 radical (unpaired) electrons. The fraction of sp³-hybridized carbons (Fsp3) is 0.474. The molecule has 1 aromatic heterocycles. The van der Waals surface area contributed by atoms with Crippen molar-refractivity contribution in [2.24, 2.45) is 22.9 Å². The van der Waals surface area contributed by atoms with Gasteiger partial charge in [-0.1, -0.05) is 0 Å². The molecule has 0 aliphatic rings. The van der Waals surface area contributed by atoms with Gasteiger partial charge in [0.05, 0.1) is 25.2 Å². The molecule has 0 aromatic carbocycles. The van der Waals surface area contributed by atoms with Crippen LogP contribution in [-0.2, 0) is 40.0 Å². The molecule has 0 spiro atoms. The number of aromatic nitrogens is 2. The zero-order valence-electron chi connectivity index (χ0n) is 19.1. The molecule has 13 N–H and O–H groups in total. The van der Waals surface area contributed by atoms with Crippen LogP contribution in [0, 0.1) is 0 Å². The maximum Gasteiger partial charge on any atom is 0.326 e. The zero-order chi connectivity index (χ0) is 27.4. The summed E-state index contributed by atoms with van der Waals surface area (Å²) in [5.41, 5.74) is 21.1. The lowest BCUT2D eigenvalue weighted by Gasteiger charge is -2.24. The van der Waals surface area contributed by atoms with E-state index in [9.17, 15) is 38.7 Å². The van der Waals surface area contributed by atoms with Crippen LogP contribution in [0.3, 0.4) is 0 Å². The first-order chi connectivity index (χ1) is 16.8. The number of nitrogens with zero attached hydrogens (tertiary/aromatic N) is 1. The molecular weight excluding hydrogens is 482 g/mol. The molecule has 1 heterocycles. The van der Waals surface area contributed by atoms with Crippen molar-refractivity contribution in [1.82, 2.24) is 25.9 Å². The zero-order valence-corrected chi connectivity index (χ0v) is 19.1. The fourth-order valence-electron chi connectivity index (χ4n) is 2.91. The van der Waals surface area contributed by atoms with E-state index in [0.717, 1.165) is 0 Å². The molecule has 36 heavy (non-hydrogen) atoms. The summed E-state index contributed by atoms with van der Waals surface area (Å²) in [6.07, 6.45) is 0.596. The minimum Gasteiger partial charge on any atom is -0.480 e. The summed E-state index contributed by atoms with van der Waals surface area (Å²) in [6.45, 7) is 0. The Bertz CT molecular complexity index is 982. The Morgan fingerprint density at radius 2 is 1.39 bits per heavy atom. The Morgan fingerprint density at radius 3 is 1.89 bits per heavy atom. The largest absolute Gasteiger partial charge is 0.480 e. The average Bonchev–Trinajstić information content (AvgIpc) is 3.27. The lowest BCUT2D eigenvalue weighted by Crippen LogP contribution is -2.58. The highest BCUT2D eigenvalue weighted by Crippen LogP contribution is 2.05. The van der Waals surface area contributed by atoms with Gasteiger partial charge in [0.2, 0.25) is 35.4 Å². The molecule has 17 nitrogen and oxygen atoms in total. The highest BCUT2D eigenvalue weighted by Gasteiger charge is 2.31. The lowest BCUT2D eigenvalue weighted by atomic mass is 10.1. The van der Waals surface area contributed by atoms with Crippen LogP contribution < -0.4 is 38.9 Å². The number of aliphatic carboxylic acids is 1. The van der Waals surface area contributed by atoms with Gasteiger partial charge in [-0.2, -0.15) is 0 Å². The predicted molar refractivity (Wildman–Crippen MR) is 120 cm³/mol. The molecule has 1 aromatic rings. The number of hydrogen-bond acceptors (Lipinski definition) is 9. The molecule has 0 aliphatic carbocycles. The van der Waals surface area contributed by atoms with E-state index in [4.69, 9.17) is 22.9 Å². The van der Waals surface area contributed by atoms with Crippen LogP contribution in [-0.4, -0.2) is 80.7 Å². The molecule has 6 amide bonds. The number of hydrogen-bond donors (Lipinski definition) is 9. The van der Waals surface area contributed by atoms with Crippen LogP contribution >= 0.6 is 0 Å². The van der Waals surface area contributed by atoms with Gasteiger partial charge in [0.25, 0.3) is 0 Å². The molecule has 0 saturated heterocycles. The summed E-state index contributed by atoms with van der Waals surface area (Å²) in [4.78, 5) is 89.4. The summed E-state index contributed by atoms with van der Waals surface area (Å²) in [7, 11) is 0. The number of carbonyl (C=O) groups is 7. The van der Waals surface area contributed by atoms with Crippen molar-refractivity contribution < 1.29 is 38.7 Å². The van der Waals surface area contributed by atoms with Crippen molar-refractivity contribution in [1.29, 1.82) is 0 Å². The van der Waals surface area contributed by atoms with Crippen molar-refractivity contribution in [3.8, 4) is 0 Å². The molecule has 0 saturated carbocycles. The van der Waals surface area contributed by atoms with Gasteiger partial charge in [0, 0.05) is 24.7 Å². The molecular formula is C19H29N9O8. The number of amides is 6. The van der Waals surface area contributed by atoms with E-state index in [-0.39, 0.29) is 19.3 Å². The Hall–Kier alpha value is -4.54. The Kier molecular flexibility index (Phi) is 11.5. The van der Waals surface area contributed by atoms with Gasteiger partial charge in [-0.05, 0) is 6.42 Å². The van der Waals surface area contributed by atoms with Gasteiger partial charge in [-0.15, -0.1) is 0 Å². The number of carboxylic acid groups (broad SMARTS) is 1. The second kappa shape index (κ2) is 14.0. The van der Waals surface area contributed by atoms with Crippen LogP contribution in [0.1, 0.15) is 31.4 Å². The number of rotatable bonds is 16. The highest BCUT2D eigenvalue weighted by molar-refractivity contribution is 5.97. The van der Waals surface area contributed by atoms with E-state index in [0.29, 0.717) is 5.69 Å². The molecule has 17 heteroatoms. The van der Waals surface area contributed by atoms with Crippen LogP contribution in [0.2, 0.25) is 0 Å². The first-order valence-corrected chi connectivity index (χ1v) is 10.5. The van der Waals surface area contributed by atoms with E-state index < -0.39 is 78.4 Å². The van der Waals surface area contributed by atoms with Crippen LogP contribution in [0.4, 0.5) is 0 Å². The summed E-state index contributed by atoms with van der Waals surface area (Å²) in [5.74, 6) is -7.06. The number of carbonyl (C=O) groups excluding carboxylic acids is 6. The van der Waals surface area contributed by atoms with Gasteiger partial charge in [-0.3, -0.25) is 28.8 Å². The molecule has 1 rings (SSSR count). The quantitative estimate of drug-likeness (QED) is 0.102. The van der Waals surface area contributed by atoms with Crippen molar-refractivity contribution in [3.63, 3.8) is 0 Å². The van der Waals surface area contributed by atoms with Crippen molar-refractivity contribution in [2.75, 3.05) is 0 Å². The first kappa shape index (κ1) is 29.5. The molecule has 4 unspecified atom stereocenters. The van der Waals surface area contributed by atoms with E-state index >= 15 is 0 Å². The summed E-state index contributed by atoms with van der Waals surface area (Å²) < 4.78 is 0. The smallest absolute Gasteiger partial charge is 0.326 e. The number of carboxylic acids is 1. The number of H-pyrrole nitrogens is 1. The van der Waals surface area contributed by atoms with Crippen molar-refractivity contribution in [3.05, 3.63) is 18.2 Å². The number of aromatic amines is 1. The maximum absolute atomic E-state index is 12.9. The van der Waals surface area contributed by atoms with Gasteiger partial charge in [0.15, 0.2) is 0 Å². The molecule has 0 bridgehead atoms. The standard InChI is InChI=1S/C19H29N9O8/c20-9(4-14(22)30)16(32)27-12(5-15(23)31)18(34)28-11(3-8-6-24-7-25-8)17(33)26-10(19(35)36)1-2-13(21)29/h6-7,9-12H,1-5,20H2,(H2,21,29)(H2,22,30)(H2,23,31)(H,24,25)(H,26,33)(H,27,32)(H,28,34)(H,35,36). The van der Waals surface area contributed by atoms with E-state index in [1.807, 2.05) is 0 Å². The van der Waals surface area contributed by atoms with Crippen molar-refractivity contribution in [2.45, 2.75) is 56.3 Å². The van der Waals surface area contributed by atoms with Crippen LogP contribution in [0.5, 0.6) is 0 Å². The average molecular weight is 511 g/mol. The number of nitrogens with two attached hydrogens (primary N) is 4. The van der Waals surface area contributed by atoms with E-state index in [1.165, 1.54) is 12.5 Å². The third kappa shape index (κ3) is 10.6. The minimum absolute atomic E-state index is 0.196. The normalized spacial score (nSPS) is 13.9. The Balaban J connectivity index is 3.08. The van der Waals surface area contributed by atoms with Gasteiger partial charge < -0.3 is 49.0 Å². The molecule has 0 fully saturated rings. The predicted octanol–water partition coefficient (Wildman–Crippen LogP) is -5.17. The number of primary amides is 3. The van der Waals surface area contributed by atoms with Crippen LogP contribution in [0.25, 0.3) is 0 Å². The third-order valence-corrected chi connectivity index (χ3v) is 4.70. The van der Waals surface area contributed by atoms with E-state index in [2.05, 4.69) is 25.9 Å². The summed E-state index contributed by atoms with van der Waals surface area (Å²) in [6, 6.07) is -5.92. The third-order valence-electron chi connectivity index (χ3n) is 4.70. The number of imidazole rings is 1. The first-order valence-electron chi connectivity index (χ1n) is 10.5. The number of nitrogens with one attached hydrogen (secondary N) is 4. The van der Waals surface area contributed by atoms with Gasteiger partial charge in [-0.25, -0.2) is 9.78 Å². The molecule has 198 valence electrons. The van der Waals surface area contributed by atoms with Crippen molar-refractivity contribution >= 4 is 41.4 Å². The maximum atomic E-state index is 12.9. The summed E-state index contributed by atoms with van der Waals surface area (Å²) in [5, 5.41) is 16.0. The Labute approximate surface area is 204 Å². The Morgan fingerprint density at radius 1 is 0.833 bits per heavy atom. The SMILES string of the molecule is NC(=O)CCC(NC(=O)C(Cc1cnc[nH]1)NC(=O)C(CC(N)=O)NC(=O)C(N)CC(N)=O)C(=O)O. The van der Waals surface area contributed by atoms with Crippen LogP contribution in [0.15, 0.2) is 12.5 Å². The lowest BCUT2D eigenvalue weighted by molar-refractivity contribution is -0.142.